The fourth-order valence-electron chi connectivity index (χ4n) is 4.06. The predicted octanol–water partition coefficient (Wildman–Crippen LogP) is 3.03. The van der Waals surface area contributed by atoms with Gasteiger partial charge in [-0.3, -0.25) is 0 Å². The van der Waals surface area contributed by atoms with E-state index in [-0.39, 0.29) is 15.3 Å². The lowest BCUT2D eigenvalue weighted by Crippen LogP contribution is -2.47. The molecule has 1 atom stereocenters. The molecule has 5 nitrogen and oxygen atoms in total. The van der Waals surface area contributed by atoms with E-state index in [4.69, 9.17) is 9.15 Å². The topological polar surface area (TPSA) is 68.5 Å². The second-order valence-corrected chi connectivity index (χ2v) is 8.90. The van der Waals surface area contributed by atoms with Crippen molar-refractivity contribution in [3.8, 4) is 0 Å². The lowest BCUT2D eigenvalue weighted by atomic mass is 9.87. The Kier molecular flexibility index (Phi) is 3.50. The highest BCUT2D eigenvalue weighted by Gasteiger charge is 2.43. The van der Waals surface area contributed by atoms with E-state index in [9.17, 15) is 8.42 Å². The first-order chi connectivity index (χ1) is 12.6. The molecule has 0 aliphatic carbocycles. The maximum Gasteiger partial charge on any atom is 0.206 e. The molecule has 134 valence electrons. The van der Waals surface area contributed by atoms with Crippen LogP contribution in [0.5, 0.6) is 0 Å². The number of hydrogen-bond acceptors (Lipinski definition) is 5. The van der Waals surface area contributed by atoms with E-state index < -0.39 is 9.84 Å². The first-order valence-corrected chi connectivity index (χ1v) is 10.3. The van der Waals surface area contributed by atoms with Crippen molar-refractivity contribution >= 4 is 20.8 Å². The molecular formula is C20H19NO4S. The Hall–Kier alpha value is -2.15. The average Bonchev–Trinajstić information content (AvgIpc) is 3.28. The van der Waals surface area contributed by atoms with Crippen LogP contribution in [0.4, 0.5) is 0 Å². The van der Waals surface area contributed by atoms with Gasteiger partial charge in [-0.15, -0.1) is 0 Å². The molecule has 0 saturated carbocycles. The summed E-state index contributed by atoms with van der Waals surface area (Å²) >= 11 is 0. The van der Waals surface area contributed by atoms with E-state index in [2.05, 4.69) is 5.32 Å². The Morgan fingerprint density at radius 1 is 1.04 bits per heavy atom. The first-order valence-electron chi connectivity index (χ1n) is 8.79. The number of fused-ring (bicyclic) bond motifs is 4. The van der Waals surface area contributed by atoms with Crippen molar-refractivity contribution in [2.24, 2.45) is 0 Å². The van der Waals surface area contributed by atoms with Crippen molar-refractivity contribution in [1.82, 2.24) is 5.32 Å². The first kappa shape index (κ1) is 16.1. The largest absolute Gasteiger partial charge is 0.459 e. The lowest BCUT2D eigenvalue weighted by molar-refractivity contribution is 0.153. The number of nitrogens with one attached hydrogen (secondary N) is 1. The molecule has 0 amide bonds. The van der Waals surface area contributed by atoms with Crippen LogP contribution in [0.25, 0.3) is 11.0 Å². The Labute approximate surface area is 151 Å². The van der Waals surface area contributed by atoms with Crippen LogP contribution in [0.1, 0.15) is 17.7 Å². The van der Waals surface area contributed by atoms with E-state index in [0.717, 1.165) is 30.5 Å². The average molecular weight is 369 g/mol. The molecule has 1 saturated heterocycles. The van der Waals surface area contributed by atoms with Gasteiger partial charge in [0.2, 0.25) is 9.84 Å². The van der Waals surface area contributed by atoms with Crippen molar-refractivity contribution in [1.29, 1.82) is 0 Å². The molecule has 5 rings (SSSR count). The van der Waals surface area contributed by atoms with Crippen LogP contribution in [-0.4, -0.2) is 28.2 Å². The Morgan fingerprint density at radius 3 is 2.65 bits per heavy atom. The number of hydrogen-bond donors (Lipinski definition) is 1. The second-order valence-electron chi connectivity index (χ2n) is 6.95. The summed E-state index contributed by atoms with van der Waals surface area (Å²) in [4.78, 5) is 0.546. The highest BCUT2D eigenvalue weighted by molar-refractivity contribution is 7.91. The molecule has 2 aromatic carbocycles. The van der Waals surface area contributed by atoms with Crippen molar-refractivity contribution in [2.45, 2.75) is 28.2 Å². The number of rotatable bonds is 2. The summed E-state index contributed by atoms with van der Waals surface area (Å²) < 4.78 is 37.6. The third kappa shape index (κ3) is 2.26. The highest BCUT2D eigenvalue weighted by atomic mass is 32.2. The molecule has 1 fully saturated rings. The van der Waals surface area contributed by atoms with Gasteiger partial charge in [0.15, 0.2) is 0 Å². The van der Waals surface area contributed by atoms with E-state index in [1.807, 2.05) is 6.07 Å². The van der Waals surface area contributed by atoms with E-state index >= 15 is 0 Å². The molecule has 1 N–H and O–H groups in total. The van der Waals surface area contributed by atoms with Gasteiger partial charge in [0, 0.05) is 30.2 Å². The fourth-order valence-corrected chi connectivity index (χ4v) is 5.36. The number of furan rings is 1. The third-order valence-electron chi connectivity index (χ3n) is 5.42. The van der Waals surface area contributed by atoms with Crippen LogP contribution in [0.2, 0.25) is 0 Å². The molecule has 0 unspecified atom stereocenters. The lowest BCUT2D eigenvalue weighted by Gasteiger charge is -2.31. The number of sulfone groups is 1. The van der Waals surface area contributed by atoms with Crippen LogP contribution < -0.4 is 5.32 Å². The summed E-state index contributed by atoms with van der Waals surface area (Å²) in [6.07, 6.45) is 1.74. The van der Waals surface area contributed by atoms with E-state index in [1.165, 1.54) is 5.56 Å². The molecule has 2 aliphatic rings. The predicted molar refractivity (Wildman–Crippen MR) is 96.9 cm³/mol. The minimum Gasteiger partial charge on any atom is -0.459 e. The van der Waals surface area contributed by atoms with Gasteiger partial charge in [-0.25, -0.2) is 8.42 Å². The molecule has 0 radical (unpaired) electrons. The maximum absolute atomic E-state index is 12.9. The monoisotopic (exact) mass is 369 g/mol. The van der Waals surface area contributed by atoms with Gasteiger partial charge in [0.05, 0.1) is 16.4 Å². The zero-order valence-electron chi connectivity index (χ0n) is 14.2. The van der Waals surface area contributed by atoms with E-state index in [1.54, 1.807) is 42.5 Å². The summed E-state index contributed by atoms with van der Waals surface area (Å²) in [5, 5.41) is 4.55. The van der Waals surface area contributed by atoms with Gasteiger partial charge in [0.25, 0.3) is 0 Å². The zero-order valence-corrected chi connectivity index (χ0v) is 15.0. The Morgan fingerprint density at radius 2 is 1.88 bits per heavy atom. The van der Waals surface area contributed by atoms with Gasteiger partial charge in [0.1, 0.15) is 16.9 Å². The summed E-state index contributed by atoms with van der Waals surface area (Å²) in [5.41, 5.74) is 1.53. The molecular weight excluding hydrogens is 350 g/mol. The third-order valence-corrected chi connectivity index (χ3v) is 7.19. The van der Waals surface area contributed by atoms with Crippen LogP contribution in [0.3, 0.4) is 0 Å². The smallest absolute Gasteiger partial charge is 0.206 e. The number of ether oxygens (including phenoxy) is 1. The molecule has 3 heterocycles. The quantitative estimate of drug-likeness (QED) is 0.752. The Balaban J connectivity index is 1.66. The molecule has 6 heteroatoms. The molecule has 3 aromatic rings. The summed E-state index contributed by atoms with van der Waals surface area (Å²) in [6, 6.07) is 13.7. The SMILES string of the molecule is O=S(=O)(c1ccccc1)c1ccc2c3c(oc2c1)[C@@]1(CCOC1)NCC3. The number of benzene rings is 2. The minimum atomic E-state index is -3.56. The zero-order chi connectivity index (χ0) is 17.8. The van der Waals surface area contributed by atoms with E-state index in [0.29, 0.717) is 18.8 Å². The van der Waals surface area contributed by atoms with Crippen LogP contribution in [0.15, 0.2) is 62.7 Å². The van der Waals surface area contributed by atoms with Gasteiger partial charge >= 0.3 is 0 Å². The minimum absolute atomic E-state index is 0.256. The fraction of sp³-hybridized carbons (Fsp3) is 0.300. The molecule has 26 heavy (non-hydrogen) atoms. The molecule has 0 bridgehead atoms. The summed E-state index contributed by atoms with van der Waals surface area (Å²) in [7, 11) is -3.56. The summed E-state index contributed by atoms with van der Waals surface area (Å²) in [6.45, 7) is 2.17. The molecule has 1 spiro atoms. The van der Waals surface area contributed by atoms with Crippen LogP contribution in [0, 0.1) is 0 Å². The van der Waals surface area contributed by atoms with Gasteiger partial charge in [-0.1, -0.05) is 18.2 Å². The summed E-state index contributed by atoms with van der Waals surface area (Å²) in [5.74, 6) is 0.908. The van der Waals surface area contributed by atoms with Crippen molar-refractivity contribution in [3.63, 3.8) is 0 Å². The van der Waals surface area contributed by atoms with Gasteiger partial charge in [-0.2, -0.15) is 0 Å². The standard InChI is InChI=1S/C20H19NO4S/c22-26(23,14-4-2-1-3-5-14)15-6-7-16-17-8-10-21-20(9-11-24-13-20)19(17)25-18(16)12-15/h1-7,12,21H,8-11,13H2/t20-/m0/s1. The van der Waals surface area contributed by atoms with Crippen LogP contribution >= 0.6 is 0 Å². The highest BCUT2D eigenvalue weighted by Crippen LogP contribution is 2.41. The van der Waals surface area contributed by atoms with Crippen molar-refractivity contribution in [3.05, 3.63) is 59.9 Å². The van der Waals surface area contributed by atoms with Crippen LogP contribution in [-0.2, 0) is 26.5 Å². The normalized spacial score (nSPS) is 22.8. The van der Waals surface area contributed by atoms with Crippen molar-refractivity contribution in [2.75, 3.05) is 19.8 Å². The Bertz CT molecular complexity index is 1080. The van der Waals surface area contributed by atoms with Crippen molar-refractivity contribution < 1.29 is 17.6 Å². The molecule has 2 aliphatic heterocycles. The van der Waals surface area contributed by atoms with Gasteiger partial charge in [-0.05, 0) is 37.1 Å². The maximum atomic E-state index is 12.9. The van der Waals surface area contributed by atoms with Gasteiger partial charge < -0.3 is 14.5 Å². The second kappa shape index (κ2) is 5.67. The molecule has 1 aromatic heterocycles.